The van der Waals surface area contributed by atoms with Gasteiger partial charge in [-0.1, -0.05) is 41.9 Å². The summed E-state index contributed by atoms with van der Waals surface area (Å²) < 4.78 is 6.59. The fourth-order valence-electron chi connectivity index (χ4n) is 2.83. The summed E-state index contributed by atoms with van der Waals surface area (Å²) in [6.45, 7) is 3.38. The third-order valence-corrected chi connectivity index (χ3v) is 4.73. The fraction of sp³-hybridized carbons (Fsp3) is 0.190. The van der Waals surface area contributed by atoms with Gasteiger partial charge in [-0.25, -0.2) is 4.98 Å². The summed E-state index contributed by atoms with van der Waals surface area (Å²) in [7, 11) is 1.50. The number of nitrogens with zero attached hydrogens (tertiary/aromatic N) is 2. The molecule has 1 heterocycles. The summed E-state index contributed by atoms with van der Waals surface area (Å²) in [4.78, 5) is 29.5. The number of rotatable bonds is 5. The lowest BCUT2D eigenvalue weighted by molar-refractivity contribution is -0.116. The highest BCUT2D eigenvalue weighted by atomic mass is 35.5. The number of hydrogen-bond donors (Lipinski definition) is 1. The van der Waals surface area contributed by atoms with Crippen LogP contribution in [0.25, 0.3) is 11.3 Å². The van der Waals surface area contributed by atoms with Crippen LogP contribution >= 0.6 is 11.6 Å². The molecule has 0 aliphatic carbocycles. The molecule has 0 aliphatic rings. The van der Waals surface area contributed by atoms with Crippen LogP contribution in [-0.4, -0.2) is 22.6 Å². The maximum atomic E-state index is 12.5. The fourth-order valence-corrected chi connectivity index (χ4v) is 2.99. The Kier molecular flexibility index (Phi) is 5.80. The smallest absolute Gasteiger partial charge is 0.254 e. The van der Waals surface area contributed by atoms with Crippen LogP contribution in [0.1, 0.15) is 11.4 Å². The van der Waals surface area contributed by atoms with E-state index in [1.165, 1.54) is 17.7 Å². The van der Waals surface area contributed by atoms with Crippen molar-refractivity contribution >= 4 is 23.2 Å². The van der Waals surface area contributed by atoms with E-state index in [1.54, 1.807) is 19.1 Å². The first kappa shape index (κ1) is 19.6. The molecular weight excluding hydrogens is 378 g/mol. The minimum Gasteiger partial charge on any atom is -0.495 e. The first-order valence-electron chi connectivity index (χ1n) is 8.67. The van der Waals surface area contributed by atoms with E-state index in [0.29, 0.717) is 28.0 Å². The lowest BCUT2D eigenvalue weighted by atomic mass is 10.1. The topological polar surface area (TPSA) is 73.2 Å². The highest BCUT2D eigenvalue weighted by molar-refractivity contribution is 6.31. The number of methoxy groups -OCH3 is 1. The zero-order valence-electron chi connectivity index (χ0n) is 15.8. The third-order valence-electron chi connectivity index (χ3n) is 4.33. The number of carbonyl (C=O) groups is 1. The van der Waals surface area contributed by atoms with Gasteiger partial charge in [-0.3, -0.25) is 14.2 Å². The number of ether oxygens (including phenoxy) is 1. The van der Waals surface area contributed by atoms with E-state index in [9.17, 15) is 9.59 Å². The molecule has 0 atom stereocenters. The van der Waals surface area contributed by atoms with Gasteiger partial charge in [0.25, 0.3) is 5.56 Å². The molecule has 1 aromatic heterocycles. The number of halogens is 1. The Morgan fingerprint density at radius 1 is 1.18 bits per heavy atom. The highest BCUT2D eigenvalue weighted by Gasteiger charge is 2.14. The lowest BCUT2D eigenvalue weighted by Gasteiger charge is -2.14. The van der Waals surface area contributed by atoms with Crippen LogP contribution in [0.4, 0.5) is 5.69 Å². The number of aromatic nitrogens is 2. The molecule has 0 bridgehead atoms. The molecule has 0 spiro atoms. The summed E-state index contributed by atoms with van der Waals surface area (Å²) in [5, 5.41) is 3.31. The molecule has 0 saturated heterocycles. The van der Waals surface area contributed by atoms with Crippen LogP contribution in [-0.2, 0) is 11.3 Å². The highest BCUT2D eigenvalue weighted by Crippen LogP contribution is 2.30. The minimum absolute atomic E-state index is 0.155. The summed E-state index contributed by atoms with van der Waals surface area (Å²) >= 11 is 6.09. The number of benzene rings is 2. The maximum Gasteiger partial charge on any atom is 0.254 e. The van der Waals surface area contributed by atoms with Crippen LogP contribution in [0, 0.1) is 13.8 Å². The molecule has 28 heavy (non-hydrogen) atoms. The van der Waals surface area contributed by atoms with Crippen LogP contribution in [0.3, 0.4) is 0 Å². The van der Waals surface area contributed by atoms with E-state index in [1.807, 2.05) is 37.3 Å². The van der Waals surface area contributed by atoms with Crippen molar-refractivity contribution in [1.29, 1.82) is 0 Å². The monoisotopic (exact) mass is 397 g/mol. The van der Waals surface area contributed by atoms with Crippen molar-refractivity contribution in [1.82, 2.24) is 9.55 Å². The van der Waals surface area contributed by atoms with E-state index in [2.05, 4.69) is 10.3 Å². The van der Waals surface area contributed by atoms with Crippen molar-refractivity contribution in [2.75, 3.05) is 12.4 Å². The second kappa shape index (κ2) is 8.27. The second-order valence-electron chi connectivity index (χ2n) is 6.33. The Bertz CT molecular complexity index is 1080. The summed E-state index contributed by atoms with van der Waals surface area (Å²) in [6, 6.07) is 14.2. The predicted octanol–water partition coefficient (Wildman–Crippen LogP) is 3.83. The number of hydrogen-bond acceptors (Lipinski definition) is 4. The van der Waals surface area contributed by atoms with Crippen LogP contribution in [0.5, 0.6) is 5.75 Å². The molecule has 0 saturated carbocycles. The predicted molar refractivity (Wildman–Crippen MR) is 110 cm³/mol. The molecule has 7 heteroatoms. The first-order chi connectivity index (χ1) is 13.4. The van der Waals surface area contributed by atoms with Gasteiger partial charge < -0.3 is 10.1 Å². The molecule has 144 valence electrons. The number of nitrogens with one attached hydrogen (secondary N) is 1. The van der Waals surface area contributed by atoms with E-state index < -0.39 is 0 Å². The average Bonchev–Trinajstić information content (AvgIpc) is 2.68. The standard InChI is InChI=1S/C21H20ClN3O3/c1-13-9-18(19(28-3)10-16(13)22)24-20(26)12-25-14(2)23-17(11-21(25)27)15-7-5-4-6-8-15/h4-11H,12H2,1-3H3,(H,24,26). The van der Waals surface area contributed by atoms with Gasteiger partial charge in [0, 0.05) is 22.7 Å². The van der Waals surface area contributed by atoms with Crippen molar-refractivity contribution in [2.24, 2.45) is 0 Å². The Morgan fingerprint density at radius 3 is 2.54 bits per heavy atom. The molecular formula is C21H20ClN3O3. The number of aryl methyl sites for hydroxylation is 2. The van der Waals surface area contributed by atoms with Crippen molar-refractivity contribution in [3.63, 3.8) is 0 Å². The van der Waals surface area contributed by atoms with Crippen molar-refractivity contribution in [3.8, 4) is 17.0 Å². The largest absolute Gasteiger partial charge is 0.495 e. The second-order valence-corrected chi connectivity index (χ2v) is 6.74. The zero-order valence-corrected chi connectivity index (χ0v) is 16.6. The Morgan fingerprint density at radius 2 is 1.89 bits per heavy atom. The van der Waals surface area contributed by atoms with Gasteiger partial charge in [0.15, 0.2) is 0 Å². The molecule has 0 radical (unpaired) electrons. The summed E-state index contributed by atoms with van der Waals surface area (Å²) in [6.07, 6.45) is 0. The van der Waals surface area contributed by atoms with Gasteiger partial charge in [-0.2, -0.15) is 0 Å². The Balaban J connectivity index is 1.83. The van der Waals surface area contributed by atoms with Crippen LogP contribution < -0.4 is 15.6 Å². The molecule has 3 rings (SSSR count). The zero-order chi connectivity index (χ0) is 20.3. The molecule has 0 fully saturated rings. The molecule has 3 aromatic rings. The van der Waals surface area contributed by atoms with Crippen molar-refractivity contribution in [2.45, 2.75) is 20.4 Å². The number of anilines is 1. The summed E-state index contributed by atoms with van der Waals surface area (Å²) in [5.41, 5.74) is 2.44. The maximum absolute atomic E-state index is 12.5. The third kappa shape index (κ3) is 4.23. The lowest BCUT2D eigenvalue weighted by Crippen LogP contribution is -2.30. The van der Waals surface area contributed by atoms with Gasteiger partial charge in [-0.15, -0.1) is 0 Å². The number of carbonyl (C=O) groups excluding carboxylic acids is 1. The number of amides is 1. The summed E-state index contributed by atoms with van der Waals surface area (Å²) in [5.74, 6) is 0.547. The molecule has 0 unspecified atom stereocenters. The van der Waals surface area contributed by atoms with Crippen LogP contribution in [0.15, 0.2) is 53.3 Å². The molecule has 6 nitrogen and oxygen atoms in total. The van der Waals surface area contributed by atoms with Gasteiger partial charge >= 0.3 is 0 Å². The van der Waals surface area contributed by atoms with Crippen LogP contribution in [0.2, 0.25) is 5.02 Å². The van der Waals surface area contributed by atoms with Gasteiger partial charge in [0.05, 0.1) is 18.5 Å². The van der Waals surface area contributed by atoms with E-state index in [4.69, 9.17) is 16.3 Å². The molecule has 1 N–H and O–H groups in total. The Labute approximate surface area is 167 Å². The van der Waals surface area contributed by atoms with Crippen molar-refractivity contribution < 1.29 is 9.53 Å². The molecule has 1 amide bonds. The van der Waals surface area contributed by atoms with E-state index in [-0.39, 0.29) is 18.0 Å². The average molecular weight is 398 g/mol. The van der Waals surface area contributed by atoms with E-state index >= 15 is 0 Å². The van der Waals surface area contributed by atoms with Gasteiger partial charge in [0.2, 0.25) is 5.91 Å². The van der Waals surface area contributed by atoms with Gasteiger partial charge in [-0.05, 0) is 25.5 Å². The van der Waals surface area contributed by atoms with Crippen molar-refractivity contribution in [3.05, 3.63) is 75.3 Å². The molecule has 2 aromatic carbocycles. The normalized spacial score (nSPS) is 10.6. The van der Waals surface area contributed by atoms with E-state index in [0.717, 1.165) is 11.1 Å². The molecule has 0 aliphatic heterocycles. The minimum atomic E-state index is -0.362. The quantitative estimate of drug-likeness (QED) is 0.710. The SMILES string of the molecule is COc1cc(Cl)c(C)cc1NC(=O)Cn1c(C)nc(-c2ccccc2)cc1=O. The Hall–Kier alpha value is -3.12. The first-order valence-corrected chi connectivity index (χ1v) is 9.04. The van der Waals surface area contributed by atoms with Gasteiger partial charge in [0.1, 0.15) is 18.1 Å².